The molecule has 0 saturated heterocycles. The number of amides is 1. The van der Waals surface area contributed by atoms with Crippen molar-refractivity contribution >= 4 is 34.3 Å². The van der Waals surface area contributed by atoms with Gasteiger partial charge in [-0.05, 0) is 47.9 Å². The Morgan fingerprint density at radius 1 is 1.02 bits per heavy atom. The molecule has 5 rings (SSSR count). The fraction of sp³-hybridized carbons (Fsp3) is 0.172. The van der Waals surface area contributed by atoms with Crippen LogP contribution in [0.15, 0.2) is 73.3 Å². The standard InChI is InChI=1S/C29H25F4N7O/c1-2-11-40-15-23(24-25(34)37-16-38-27(24)40)18-5-3-17(4-6-18)13-35-26-22(12-19(14-36-26)29(31,32)33)28(41)39-21-9-7-20(30)8-10-21/h3-10,12,14-16H,2,11,13H2,1H3,(H,35,36)(H,39,41)(H2,34,37,38). The molecule has 0 radical (unpaired) electrons. The normalized spacial score (nSPS) is 11.5. The maximum atomic E-state index is 13.4. The Morgan fingerprint density at radius 3 is 2.44 bits per heavy atom. The van der Waals surface area contributed by atoms with Crippen LogP contribution in [-0.4, -0.2) is 25.4 Å². The molecule has 0 saturated carbocycles. The van der Waals surface area contributed by atoms with Crippen molar-refractivity contribution in [2.75, 3.05) is 16.4 Å². The van der Waals surface area contributed by atoms with E-state index >= 15 is 0 Å². The number of pyridine rings is 1. The summed E-state index contributed by atoms with van der Waals surface area (Å²) in [6, 6.07) is 13.1. The predicted molar refractivity (Wildman–Crippen MR) is 149 cm³/mol. The molecule has 12 heteroatoms. The van der Waals surface area contributed by atoms with Crippen molar-refractivity contribution in [3.63, 3.8) is 0 Å². The second-order valence-electron chi connectivity index (χ2n) is 9.32. The minimum absolute atomic E-state index is 0.0331. The van der Waals surface area contributed by atoms with E-state index in [1.165, 1.54) is 18.5 Å². The fourth-order valence-corrected chi connectivity index (χ4v) is 4.43. The van der Waals surface area contributed by atoms with Gasteiger partial charge < -0.3 is 20.9 Å². The number of aryl methyl sites for hydroxylation is 1. The molecule has 3 heterocycles. The van der Waals surface area contributed by atoms with E-state index in [9.17, 15) is 22.4 Å². The van der Waals surface area contributed by atoms with Crippen LogP contribution < -0.4 is 16.4 Å². The fourth-order valence-electron chi connectivity index (χ4n) is 4.43. The van der Waals surface area contributed by atoms with E-state index in [4.69, 9.17) is 5.73 Å². The first-order chi connectivity index (χ1) is 19.6. The Hall–Kier alpha value is -5.00. The number of alkyl halides is 3. The van der Waals surface area contributed by atoms with E-state index in [0.717, 1.165) is 58.9 Å². The third-order valence-electron chi connectivity index (χ3n) is 6.43. The Bertz CT molecular complexity index is 1700. The number of benzene rings is 2. The molecule has 0 aliphatic heterocycles. The molecule has 1 amide bonds. The highest BCUT2D eigenvalue weighted by Gasteiger charge is 2.32. The van der Waals surface area contributed by atoms with Gasteiger partial charge in [0, 0.05) is 36.7 Å². The zero-order valence-electron chi connectivity index (χ0n) is 21.8. The minimum Gasteiger partial charge on any atom is -0.383 e. The lowest BCUT2D eigenvalue weighted by molar-refractivity contribution is -0.137. The number of nitrogens with zero attached hydrogens (tertiary/aromatic N) is 4. The Morgan fingerprint density at radius 2 is 1.76 bits per heavy atom. The number of fused-ring (bicyclic) bond motifs is 1. The summed E-state index contributed by atoms with van der Waals surface area (Å²) >= 11 is 0. The molecule has 41 heavy (non-hydrogen) atoms. The molecule has 0 aliphatic rings. The lowest BCUT2D eigenvalue weighted by atomic mass is 10.0. The van der Waals surface area contributed by atoms with E-state index in [1.807, 2.05) is 35.0 Å². The number of halogens is 4. The van der Waals surface area contributed by atoms with Gasteiger partial charge in [0.15, 0.2) is 0 Å². The van der Waals surface area contributed by atoms with Gasteiger partial charge in [-0.2, -0.15) is 13.2 Å². The second kappa shape index (κ2) is 11.2. The lowest BCUT2D eigenvalue weighted by Crippen LogP contribution is -2.18. The van der Waals surface area contributed by atoms with Gasteiger partial charge in [-0.15, -0.1) is 0 Å². The molecule has 0 fully saturated rings. The summed E-state index contributed by atoms with van der Waals surface area (Å²) in [5, 5.41) is 6.20. The molecule has 0 atom stereocenters. The van der Waals surface area contributed by atoms with Crippen molar-refractivity contribution in [3.8, 4) is 11.1 Å². The topological polar surface area (TPSA) is 111 Å². The van der Waals surface area contributed by atoms with Crippen molar-refractivity contribution < 1.29 is 22.4 Å². The van der Waals surface area contributed by atoms with E-state index in [-0.39, 0.29) is 23.6 Å². The number of hydrogen-bond donors (Lipinski definition) is 3. The first kappa shape index (κ1) is 27.6. The number of anilines is 3. The molecule has 0 aliphatic carbocycles. The number of nitrogens with one attached hydrogen (secondary N) is 2. The molecule has 210 valence electrons. The number of nitrogen functional groups attached to an aromatic ring is 1. The van der Waals surface area contributed by atoms with Crippen LogP contribution in [0.5, 0.6) is 0 Å². The summed E-state index contributed by atoms with van der Waals surface area (Å²) in [7, 11) is 0. The molecule has 0 unspecified atom stereocenters. The maximum Gasteiger partial charge on any atom is 0.417 e. The Balaban J connectivity index is 1.38. The summed E-state index contributed by atoms with van der Waals surface area (Å²) in [5.41, 5.74) is 8.35. The molecular weight excluding hydrogens is 538 g/mol. The number of hydrogen-bond acceptors (Lipinski definition) is 6. The van der Waals surface area contributed by atoms with Crippen molar-refractivity contribution in [1.29, 1.82) is 0 Å². The van der Waals surface area contributed by atoms with E-state index < -0.39 is 23.5 Å². The van der Waals surface area contributed by atoms with Gasteiger partial charge in [0.25, 0.3) is 5.91 Å². The van der Waals surface area contributed by atoms with E-state index in [1.54, 1.807) is 0 Å². The Labute approximate surface area is 232 Å². The van der Waals surface area contributed by atoms with E-state index in [2.05, 4.69) is 32.5 Å². The van der Waals surface area contributed by atoms with Crippen molar-refractivity contribution in [1.82, 2.24) is 19.5 Å². The summed E-state index contributed by atoms with van der Waals surface area (Å²) < 4.78 is 55.4. The predicted octanol–water partition coefficient (Wildman–Crippen LogP) is 6.51. The van der Waals surface area contributed by atoms with Crippen LogP contribution in [0.1, 0.15) is 34.8 Å². The van der Waals surface area contributed by atoms with E-state index in [0.29, 0.717) is 12.0 Å². The lowest BCUT2D eigenvalue weighted by Gasteiger charge is -2.14. The SMILES string of the molecule is CCCn1cc(-c2ccc(CNc3ncc(C(F)(F)F)cc3C(=O)Nc3ccc(F)cc3)cc2)c2c(N)ncnc21. The molecular formula is C29H25F4N7O. The monoisotopic (exact) mass is 563 g/mol. The van der Waals surface area contributed by atoms with Crippen molar-refractivity contribution in [2.24, 2.45) is 0 Å². The zero-order valence-corrected chi connectivity index (χ0v) is 21.8. The molecule has 0 bridgehead atoms. The van der Waals surface area contributed by atoms with Gasteiger partial charge in [-0.3, -0.25) is 4.79 Å². The molecule has 4 N–H and O–H groups in total. The number of rotatable bonds is 8. The van der Waals surface area contributed by atoms with Crippen molar-refractivity contribution in [2.45, 2.75) is 32.6 Å². The van der Waals surface area contributed by atoms with Crippen LogP contribution in [0.3, 0.4) is 0 Å². The maximum absolute atomic E-state index is 13.4. The first-order valence-corrected chi connectivity index (χ1v) is 12.7. The van der Waals surface area contributed by atoms with Gasteiger partial charge >= 0.3 is 6.18 Å². The van der Waals surface area contributed by atoms with Crippen molar-refractivity contribution in [3.05, 3.63) is 95.8 Å². The molecule has 3 aromatic heterocycles. The third-order valence-corrected chi connectivity index (χ3v) is 6.43. The highest BCUT2D eigenvalue weighted by atomic mass is 19.4. The molecule has 8 nitrogen and oxygen atoms in total. The molecule has 0 spiro atoms. The van der Waals surface area contributed by atoms with Crippen LogP contribution in [0.2, 0.25) is 0 Å². The number of nitrogens with two attached hydrogens (primary N) is 1. The third kappa shape index (κ3) is 5.96. The van der Waals surface area contributed by atoms with Crippen LogP contribution in [-0.2, 0) is 19.3 Å². The number of carbonyl (C=O) groups excluding carboxylic acids is 1. The zero-order chi connectivity index (χ0) is 29.1. The second-order valence-corrected chi connectivity index (χ2v) is 9.32. The van der Waals surface area contributed by atoms with Gasteiger partial charge in [-0.25, -0.2) is 19.3 Å². The highest BCUT2D eigenvalue weighted by Crippen LogP contribution is 2.34. The minimum atomic E-state index is -4.69. The summed E-state index contributed by atoms with van der Waals surface area (Å²) in [5.74, 6) is -0.989. The Kier molecular flexibility index (Phi) is 7.56. The van der Waals surface area contributed by atoms with Crippen LogP contribution in [0.4, 0.5) is 34.9 Å². The smallest absolute Gasteiger partial charge is 0.383 e. The number of carbonyl (C=O) groups is 1. The summed E-state index contributed by atoms with van der Waals surface area (Å²) in [6.07, 6.45) is 0.315. The summed E-state index contributed by atoms with van der Waals surface area (Å²) in [6.45, 7) is 3.02. The van der Waals surface area contributed by atoms with Crippen LogP contribution in [0, 0.1) is 5.82 Å². The van der Waals surface area contributed by atoms with Gasteiger partial charge in [0.2, 0.25) is 0 Å². The van der Waals surface area contributed by atoms with Gasteiger partial charge in [0.1, 0.15) is 29.4 Å². The first-order valence-electron chi connectivity index (χ1n) is 12.7. The van der Waals surface area contributed by atoms with Crippen LogP contribution >= 0.6 is 0 Å². The largest absolute Gasteiger partial charge is 0.417 e. The van der Waals surface area contributed by atoms with Crippen LogP contribution in [0.25, 0.3) is 22.2 Å². The van der Waals surface area contributed by atoms with Gasteiger partial charge in [0.05, 0.1) is 16.5 Å². The highest BCUT2D eigenvalue weighted by molar-refractivity contribution is 6.07. The summed E-state index contributed by atoms with van der Waals surface area (Å²) in [4.78, 5) is 25.3. The average Bonchev–Trinajstić information content (AvgIpc) is 3.32. The molecule has 5 aromatic rings. The average molecular weight is 564 g/mol. The van der Waals surface area contributed by atoms with Gasteiger partial charge in [-0.1, -0.05) is 31.2 Å². The number of aromatic nitrogens is 4. The molecule has 2 aromatic carbocycles. The quantitative estimate of drug-likeness (QED) is 0.186.